The first-order chi connectivity index (χ1) is 4.81. The fraction of sp³-hybridized carbons (Fsp3) is 0.833. The highest BCUT2D eigenvalue weighted by molar-refractivity contribution is 7.85. The van der Waals surface area contributed by atoms with Crippen LogP contribution in [0.15, 0.2) is 0 Å². The van der Waals surface area contributed by atoms with E-state index in [1.165, 1.54) is 0 Å². The zero-order valence-corrected chi connectivity index (χ0v) is 6.86. The average molecular weight is 164 g/mol. The molecule has 0 bridgehead atoms. The molecule has 0 aliphatic rings. The maximum Gasteiger partial charge on any atom is 0.132 e. The summed E-state index contributed by atoms with van der Waals surface area (Å²) in [6, 6.07) is 0. The Morgan fingerprint density at radius 3 is 2.80 bits per heavy atom. The molecule has 0 aromatic rings. The van der Waals surface area contributed by atoms with Crippen LogP contribution in [0.3, 0.4) is 0 Å². The Balaban J connectivity index is 3.13. The van der Waals surface area contributed by atoms with Crippen LogP contribution in [0.25, 0.3) is 0 Å². The van der Waals surface area contributed by atoms with E-state index in [0.29, 0.717) is 18.6 Å². The van der Waals surface area contributed by atoms with E-state index in [-0.39, 0.29) is 5.75 Å². The van der Waals surface area contributed by atoms with Gasteiger partial charge in [0.1, 0.15) is 6.29 Å². The number of carbonyl (C=O) groups is 1. The third-order valence-electron chi connectivity index (χ3n) is 0.974. The van der Waals surface area contributed by atoms with E-state index in [0.717, 1.165) is 6.42 Å². The van der Waals surface area contributed by atoms with Crippen molar-refractivity contribution < 1.29 is 13.7 Å². The Morgan fingerprint density at radius 2 is 2.30 bits per heavy atom. The second kappa shape index (κ2) is 6.89. The topological polar surface area (TPSA) is 43.4 Å². The average Bonchev–Trinajstić information content (AvgIpc) is 1.89. The minimum absolute atomic E-state index is 0.156. The van der Waals surface area contributed by atoms with E-state index >= 15 is 0 Å². The van der Waals surface area contributed by atoms with Crippen molar-refractivity contribution in [3.05, 3.63) is 0 Å². The van der Waals surface area contributed by atoms with Gasteiger partial charge in [-0.1, -0.05) is 0 Å². The fourth-order valence-electron chi connectivity index (χ4n) is 0.523. The fourth-order valence-corrected chi connectivity index (χ4v) is 1.28. The lowest BCUT2D eigenvalue weighted by atomic mass is 10.5. The molecule has 1 unspecified atom stereocenters. The first kappa shape index (κ1) is 9.78. The van der Waals surface area contributed by atoms with Crippen LogP contribution < -0.4 is 0 Å². The van der Waals surface area contributed by atoms with Crippen molar-refractivity contribution in [1.29, 1.82) is 0 Å². The molecule has 60 valence electrons. The lowest BCUT2D eigenvalue weighted by molar-refractivity contribution is -0.105. The summed E-state index contributed by atoms with van der Waals surface area (Å²) >= 11 is 0. The number of aldehydes is 1. The van der Waals surface area contributed by atoms with E-state index in [9.17, 15) is 9.00 Å². The summed E-state index contributed by atoms with van der Waals surface area (Å²) < 4.78 is 15.5. The van der Waals surface area contributed by atoms with Crippen LogP contribution in [0.2, 0.25) is 0 Å². The highest BCUT2D eigenvalue weighted by atomic mass is 32.2. The minimum atomic E-state index is -0.970. The molecule has 0 spiro atoms. The molecule has 0 radical (unpaired) electrons. The number of methoxy groups -OCH3 is 1. The molecule has 0 aliphatic heterocycles. The van der Waals surface area contributed by atoms with E-state index < -0.39 is 10.8 Å². The maximum atomic E-state index is 10.7. The molecule has 0 heterocycles. The maximum absolute atomic E-state index is 10.7. The van der Waals surface area contributed by atoms with Crippen molar-refractivity contribution in [1.82, 2.24) is 0 Å². The van der Waals surface area contributed by atoms with E-state index in [4.69, 9.17) is 4.74 Å². The Morgan fingerprint density at radius 1 is 1.60 bits per heavy atom. The summed E-state index contributed by atoms with van der Waals surface area (Å²) in [5, 5.41) is 0. The van der Waals surface area contributed by atoms with Gasteiger partial charge in [-0.15, -0.1) is 0 Å². The predicted molar refractivity (Wildman–Crippen MR) is 40.4 cm³/mol. The summed E-state index contributed by atoms with van der Waals surface area (Å²) in [5.74, 6) is 0.719. The first-order valence-corrected chi connectivity index (χ1v) is 4.57. The van der Waals surface area contributed by atoms with E-state index in [1.54, 1.807) is 7.11 Å². The zero-order chi connectivity index (χ0) is 7.82. The standard InChI is InChI=1S/C6H12O3S/c1-9-4-2-5-10(8)6-3-7/h3H,2,4-6H2,1H3. The molecule has 0 aromatic heterocycles. The Bertz CT molecular complexity index is 114. The zero-order valence-electron chi connectivity index (χ0n) is 6.04. The Labute approximate surface area is 63.2 Å². The van der Waals surface area contributed by atoms with Gasteiger partial charge in [0.2, 0.25) is 0 Å². The lowest BCUT2D eigenvalue weighted by Gasteiger charge is -1.96. The van der Waals surface area contributed by atoms with Gasteiger partial charge in [0, 0.05) is 30.3 Å². The third-order valence-corrected chi connectivity index (χ3v) is 2.23. The Kier molecular flexibility index (Phi) is 6.74. The SMILES string of the molecule is COCCCS(=O)CC=O. The van der Waals surface area contributed by atoms with Crippen LogP contribution >= 0.6 is 0 Å². The summed E-state index contributed by atoms with van der Waals surface area (Å²) in [7, 11) is 0.630. The van der Waals surface area contributed by atoms with Crippen molar-refractivity contribution in [2.45, 2.75) is 6.42 Å². The molecule has 3 nitrogen and oxygen atoms in total. The molecule has 10 heavy (non-hydrogen) atoms. The first-order valence-electron chi connectivity index (χ1n) is 3.08. The normalized spacial score (nSPS) is 12.9. The van der Waals surface area contributed by atoms with Crippen LogP contribution in [0.4, 0.5) is 0 Å². The second-order valence-electron chi connectivity index (χ2n) is 1.82. The molecule has 0 rings (SSSR count). The van der Waals surface area contributed by atoms with Crippen LogP contribution in [0, 0.1) is 0 Å². The molecule has 0 aromatic carbocycles. The van der Waals surface area contributed by atoms with E-state index in [2.05, 4.69) is 0 Å². The van der Waals surface area contributed by atoms with E-state index in [1.807, 2.05) is 0 Å². The molecule has 1 atom stereocenters. The number of carbonyl (C=O) groups excluding carboxylic acids is 1. The Hall–Kier alpha value is -0.220. The van der Waals surface area contributed by atoms with Gasteiger partial charge in [0.25, 0.3) is 0 Å². The van der Waals surface area contributed by atoms with Crippen LogP contribution in [0.1, 0.15) is 6.42 Å². The molecular weight excluding hydrogens is 152 g/mol. The van der Waals surface area contributed by atoms with Crippen LogP contribution in [-0.2, 0) is 20.3 Å². The number of hydrogen-bond donors (Lipinski definition) is 0. The molecule has 0 fully saturated rings. The molecule has 4 heteroatoms. The summed E-state index contributed by atoms with van der Waals surface area (Å²) in [4.78, 5) is 9.82. The van der Waals surface area contributed by atoms with Crippen LogP contribution in [-0.4, -0.2) is 35.7 Å². The van der Waals surface area contributed by atoms with Gasteiger partial charge >= 0.3 is 0 Å². The van der Waals surface area contributed by atoms with Gasteiger partial charge in [-0.2, -0.15) is 0 Å². The lowest BCUT2D eigenvalue weighted by Crippen LogP contribution is -2.05. The monoisotopic (exact) mass is 164 g/mol. The van der Waals surface area contributed by atoms with Crippen molar-refractivity contribution >= 4 is 17.1 Å². The van der Waals surface area contributed by atoms with Gasteiger partial charge in [0.05, 0.1) is 5.75 Å². The van der Waals surface area contributed by atoms with Gasteiger partial charge in [0.15, 0.2) is 0 Å². The van der Waals surface area contributed by atoms with Crippen molar-refractivity contribution in [2.75, 3.05) is 25.2 Å². The molecule has 0 saturated heterocycles. The molecule has 0 saturated carbocycles. The summed E-state index contributed by atoms with van der Waals surface area (Å²) in [6.07, 6.45) is 1.44. The quantitative estimate of drug-likeness (QED) is 0.409. The van der Waals surface area contributed by atoms with Crippen LogP contribution in [0.5, 0.6) is 0 Å². The molecular formula is C6H12O3S. The predicted octanol–water partition coefficient (Wildman–Crippen LogP) is -0.0295. The van der Waals surface area contributed by atoms with Gasteiger partial charge < -0.3 is 9.53 Å². The minimum Gasteiger partial charge on any atom is -0.385 e. The highest BCUT2D eigenvalue weighted by Gasteiger charge is 1.96. The van der Waals surface area contributed by atoms with Gasteiger partial charge in [-0.05, 0) is 6.42 Å². The van der Waals surface area contributed by atoms with Crippen molar-refractivity contribution in [3.63, 3.8) is 0 Å². The second-order valence-corrected chi connectivity index (χ2v) is 3.44. The summed E-state index contributed by atoms with van der Waals surface area (Å²) in [6.45, 7) is 0.616. The number of ether oxygens (including phenoxy) is 1. The smallest absolute Gasteiger partial charge is 0.132 e. The highest BCUT2D eigenvalue weighted by Crippen LogP contribution is 1.86. The van der Waals surface area contributed by atoms with Crippen molar-refractivity contribution in [2.24, 2.45) is 0 Å². The molecule has 0 N–H and O–H groups in total. The summed E-state index contributed by atoms with van der Waals surface area (Å²) in [5.41, 5.74) is 0. The third kappa shape index (κ3) is 5.91. The molecule has 0 aliphatic carbocycles. The number of hydrogen-bond acceptors (Lipinski definition) is 3. The molecule has 0 amide bonds. The van der Waals surface area contributed by atoms with Gasteiger partial charge in [-0.25, -0.2) is 0 Å². The van der Waals surface area contributed by atoms with Crippen molar-refractivity contribution in [3.8, 4) is 0 Å². The number of rotatable bonds is 6. The van der Waals surface area contributed by atoms with Gasteiger partial charge in [-0.3, -0.25) is 4.21 Å². The largest absolute Gasteiger partial charge is 0.385 e.